The summed E-state index contributed by atoms with van der Waals surface area (Å²) in [5.74, 6) is 0.797. The normalized spacial score (nSPS) is 10.2. The number of nitrogens with zero attached hydrogens (tertiary/aromatic N) is 2. The summed E-state index contributed by atoms with van der Waals surface area (Å²) in [6.45, 7) is 0.691. The lowest BCUT2D eigenvalue weighted by molar-refractivity contribution is 0.407. The third kappa shape index (κ3) is 2.10. The number of aromatic nitrogens is 2. The second-order valence-electron chi connectivity index (χ2n) is 3.27. The third-order valence-electron chi connectivity index (χ3n) is 2.20. The van der Waals surface area contributed by atoms with E-state index in [0.717, 1.165) is 11.3 Å². The lowest BCUT2D eigenvalue weighted by Crippen LogP contribution is -2.02. The molecule has 2 N–H and O–H groups in total. The number of anilines is 1. The molecule has 0 aliphatic heterocycles. The molecule has 0 bridgehead atoms. The summed E-state index contributed by atoms with van der Waals surface area (Å²) in [4.78, 5) is 0. The van der Waals surface area contributed by atoms with Crippen molar-refractivity contribution in [2.24, 2.45) is 0 Å². The Morgan fingerprint density at radius 3 is 3.00 bits per heavy atom. The molecule has 0 radical (unpaired) electrons. The van der Waals surface area contributed by atoms with Crippen LogP contribution in [0, 0.1) is 0 Å². The molecule has 4 nitrogen and oxygen atoms in total. The van der Waals surface area contributed by atoms with Gasteiger partial charge in [0, 0.05) is 29.7 Å². The van der Waals surface area contributed by atoms with Crippen LogP contribution in [-0.4, -0.2) is 16.9 Å². The Balaban J connectivity index is 2.28. The molecule has 2 rings (SSSR count). The van der Waals surface area contributed by atoms with Crippen LogP contribution in [0.25, 0.3) is 0 Å². The molecule has 0 saturated carbocycles. The van der Waals surface area contributed by atoms with Gasteiger partial charge in [-0.2, -0.15) is 5.10 Å². The molecule has 0 unspecified atom stereocenters. The second-order valence-corrected chi connectivity index (χ2v) is 3.27. The third-order valence-corrected chi connectivity index (χ3v) is 2.20. The molecule has 0 atom stereocenters. The maximum atomic E-state index is 5.67. The summed E-state index contributed by atoms with van der Waals surface area (Å²) in [5.41, 5.74) is 7.44. The van der Waals surface area contributed by atoms with E-state index in [2.05, 4.69) is 5.10 Å². The van der Waals surface area contributed by atoms with Crippen LogP contribution in [0.4, 0.5) is 5.69 Å². The molecule has 0 fully saturated rings. The molecule has 78 valence electrons. The van der Waals surface area contributed by atoms with Crippen LogP contribution in [0.15, 0.2) is 36.7 Å². The Bertz CT molecular complexity index is 437. The fourth-order valence-corrected chi connectivity index (χ4v) is 1.46. The standard InChI is InChI=1S/C11H13N3O/c1-15-11-7-10(12)4-3-9(11)8-14-6-2-5-13-14/h2-7H,8,12H2,1H3. The van der Waals surface area contributed by atoms with Gasteiger partial charge in [0.25, 0.3) is 0 Å². The van der Waals surface area contributed by atoms with Gasteiger partial charge in [0.1, 0.15) is 5.75 Å². The summed E-state index contributed by atoms with van der Waals surface area (Å²) in [7, 11) is 1.64. The molecule has 2 aromatic rings. The van der Waals surface area contributed by atoms with Gasteiger partial charge in [-0.15, -0.1) is 0 Å². The van der Waals surface area contributed by atoms with Crippen molar-refractivity contribution in [2.75, 3.05) is 12.8 Å². The average Bonchev–Trinajstić information content (AvgIpc) is 2.73. The molecule has 1 aromatic heterocycles. The first-order chi connectivity index (χ1) is 7.29. The highest BCUT2D eigenvalue weighted by molar-refractivity contribution is 5.48. The zero-order chi connectivity index (χ0) is 10.7. The molecule has 1 aromatic carbocycles. The van der Waals surface area contributed by atoms with E-state index in [1.165, 1.54) is 0 Å². The van der Waals surface area contributed by atoms with Crippen LogP contribution in [-0.2, 0) is 6.54 Å². The Kier molecular flexibility index (Phi) is 2.58. The van der Waals surface area contributed by atoms with Crippen molar-refractivity contribution in [1.29, 1.82) is 0 Å². The fraction of sp³-hybridized carbons (Fsp3) is 0.182. The first-order valence-corrected chi connectivity index (χ1v) is 4.69. The van der Waals surface area contributed by atoms with Crippen molar-refractivity contribution in [1.82, 2.24) is 9.78 Å². The summed E-state index contributed by atoms with van der Waals surface area (Å²) in [5, 5.41) is 4.14. The number of nitrogen functional groups attached to an aromatic ring is 1. The molecular weight excluding hydrogens is 190 g/mol. The van der Waals surface area contributed by atoms with Gasteiger partial charge in [-0.25, -0.2) is 0 Å². The molecule has 0 spiro atoms. The van der Waals surface area contributed by atoms with Gasteiger partial charge in [-0.3, -0.25) is 4.68 Å². The number of benzene rings is 1. The van der Waals surface area contributed by atoms with Crippen molar-refractivity contribution in [2.45, 2.75) is 6.54 Å². The zero-order valence-electron chi connectivity index (χ0n) is 8.55. The van der Waals surface area contributed by atoms with Gasteiger partial charge in [-0.05, 0) is 12.1 Å². The summed E-state index contributed by atoms with van der Waals surface area (Å²) in [6.07, 6.45) is 3.67. The van der Waals surface area contributed by atoms with Crippen LogP contribution in [0.2, 0.25) is 0 Å². The molecule has 0 amide bonds. The smallest absolute Gasteiger partial charge is 0.125 e. The predicted octanol–water partition coefficient (Wildman–Crippen LogP) is 1.52. The minimum Gasteiger partial charge on any atom is -0.496 e. The van der Waals surface area contributed by atoms with E-state index in [0.29, 0.717) is 12.2 Å². The van der Waals surface area contributed by atoms with E-state index in [-0.39, 0.29) is 0 Å². The molecule has 1 heterocycles. The fourth-order valence-electron chi connectivity index (χ4n) is 1.46. The first kappa shape index (κ1) is 9.58. The lowest BCUT2D eigenvalue weighted by atomic mass is 10.2. The van der Waals surface area contributed by atoms with Crippen molar-refractivity contribution >= 4 is 5.69 Å². The second kappa shape index (κ2) is 4.04. The highest BCUT2D eigenvalue weighted by Crippen LogP contribution is 2.21. The average molecular weight is 203 g/mol. The number of nitrogens with two attached hydrogens (primary N) is 1. The number of ether oxygens (including phenoxy) is 1. The topological polar surface area (TPSA) is 53.1 Å². The van der Waals surface area contributed by atoms with E-state index < -0.39 is 0 Å². The summed E-state index contributed by atoms with van der Waals surface area (Å²) in [6, 6.07) is 7.53. The van der Waals surface area contributed by atoms with Crippen LogP contribution in [0.1, 0.15) is 5.56 Å². The van der Waals surface area contributed by atoms with Gasteiger partial charge in [0.05, 0.1) is 13.7 Å². The Labute approximate surface area is 88.3 Å². The van der Waals surface area contributed by atoms with Crippen molar-refractivity contribution in [3.05, 3.63) is 42.2 Å². The minimum absolute atomic E-state index is 0.691. The maximum Gasteiger partial charge on any atom is 0.125 e. The quantitative estimate of drug-likeness (QED) is 0.769. The van der Waals surface area contributed by atoms with Crippen molar-refractivity contribution < 1.29 is 4.74 Å². The maximum absolute atomic E-state index is 5.67. The van der Waals surface area contributed by atoms with Crippen molar-refractivity contribution in [3.8, 4) is 5.75 Å². The van der Waals surface area contributed by atoms with E-state index in [9.17, 15) is 0 Å². The lowest BCUT2D eigenvalue weighted by Gasteiger charge is -2.09. The Morgan fingerprint density at radius 1 is 1.47 bits per heavy atom. The van der Waals surface area contributed by atoms with E-state index in [1.807, 2.05) is 35.1 Å². The summed E-state index contributed by atoms with van der Waals surface area (Å²) < 4.78 is 7.10. The van der Waals surface area contributed by atoms with Crippen LogP contribution >= 0.6 is 0 Å². The van der Waals surface area contributed by atoms with Gasteiger partial charge in [-0.1, -0.05) is 6.07 Å². The van der Waals surface area contributed by atoms with Gasteiger partial charge in [0.15, 0.2) is 0 Å². The molecule has 15 heavy (non-hydrogen) atoms. The van der Waals surface area contributed by atoms with Crippen LogP contribution in [0.5, 0.6) is 5.75 Å². The zero-order valence-corrected chi connectivity index (χ0v) is 8.55. The Hall–Kier alpha value is -1.97. The van der Waals surface area contributed by atoms with E-state index in [4.69, 9.17) is 10.5 Å². The largest absolute Gasteiger partial charge is 0.496 e. The summed E-state index contributed by atoms with van der Waals surface area (Å²) >= 11 is 0. The van der Waals surface area contributed by atoms with Crippen LogP contribution in [0.3, 0.4) is 0 Å². The van der Waals surface area contributed by atoms with E-state index >= 15 is 0 Å². The predicted molar refractivity (Wildman–Crippen MR) is 58.7 cm³/mol. The number of hydrogen-bond donors (Lipinski definition) is 1. The molecule has 0 aliphatic carbocycles. The number of hydrogen-bond acceptors (Lipinski definition) is 3. The Morgan fingerprint density at radius 2 is 2.33 bits per heavy atom. The monoisotopic (exact) mass is 203 g/mol. The van der Waals surface area contributed by atoms with Gasteiger partial charge >= 0.3 is 0 Å². The molecule has 4 heteroatoms. The van der Waals surface area contributed by atoms with Gasteiger partial charge in [0.2, 0.25) is 0 Å². The highest BCUT2D eigenvalue weighted by Gasteiger charge is 2.03. The minimum atomic E-state index is 0.691. The number of rotatable bonds is 3. The highest BCUT2D eigenvalue weighted by atomic mass is 16.5. The molecule has 0 aliphatic rings. The first-order valence-electron chi connectivity index (χ1n) is 4.69. The molecule has 0 saturated heterocycles. The number of methoxy groups -OCH3 is 1. The van der Waals surface area contributed by atoms with E-state index in [1.54, 1.807) is 13.3 Å². The molecular formula is C11H13N3O. The van der Waals surface area contributed by atoms with Gasteiger partial charge < -0.3 is 10.5 Å². The van der Waals surface area contributed by atoms with Crippen LogP contribution < -0.4 is 10.5 Å². The van der Waals surface area contributed by atoms with Crippen molar-refractivity contribution in [3.63, 3.8) is 0 Å². The SMILES string of the molecule is COc1cc(N)ccc1Cn1cccn1.